The molecule has 0 unspecified atom stereocenters. The summed E-state index contributed by atoms with van der Waals surface area (Å²) in [4.78, 5) is 10.9. The molecule has 3 nitrogen and oxygen atoms in total. The zero-order valence-electron chi connectivity index (χ0n) is 11.5. The van der Waals surface area contributed by atoms with Gasteiger partial charge in [-0.1, -0.05) is 12.1 Å². The molecule has 0 aliphatic heterocycles. The lowest BCUT2D eigenvalue weighted by atomic mass is 9.86. The number of halogens is 3. The zero-order valence-corrected chi connectivity index (χ0v) is 11.5. The van der Waals surface area contributed by atoms with E-state index in [1.165, 1.54) is 12.1 Å². The molecule has 0 heterocycles. The minimum absolute atomic E-state index is 0.127. The number of hydrogen-bond acceptors (Lipinski definition) is 2. The molecule has 1 aromatic rings. The van der Waals surface area contributed by atoms with Crippen LogP contribution >= 0.6 is 0 Å². The first kappa shape index (κ1) is 15.7. The van der Waals surface area contributed by atoms with Crippen molar-refractivity contribution in [3.8, 4) is 0 Å². The average molecular weight is 301 g/mol. The van der Waals surface area contributed by atoms with Crippen LogP contribution in [0.15, 0.2) is 24.3 Å². The van der Waals surface area contributed by atoms with E-state index in [4.69, 9.17) is 5.11 Å². The Balaban J connectivity index is 1.92. The molecule has 116 valence electrons. The quantitative estimate of drug-likeness (QED) is 0.888. The molecule has 0 atom stereocenters. The molecule has 1 saturated carbocycles. The van der Waals surface area contributed by atoms with E-state index in [9.17, 15) is 18.0 Å². The highest BCUT2D eigenvalue weighted by Gasteiger charge is 2.28. The maximum Gasteiger partial charge on any atom is 0.393 e. The number of hydrogen-bond donors (Lipinski definition) is 2. The molecule has 0 spiro atoms. The maximum absolute atomic E-state index is 12.4. The van der Waals surface area contributed by atoms with Gasteiger partial charge in [0.2, 0.25) is 0 Å². The second-order valence-corrected chi connectivity index (χ2v) is 5.52. The third-order valence-electron chi connectivity index (χ3n) is 3.78. The van der Waals surface area contributed by atoms with Gasteiger partial charge in [0.05, 0.1) is 12.3 Å². The number of benzene rings is 1. The monoisotopic (exact) mass is 301 g/mol. The van der Waals surface area contributed by atoms with Crippen LogP contribution in [-0.4, -0.2) is 23.3 Å². The molecule has 0 aromatic heterocycles. The van der Waals surface area contributed by atoms with Crippen LogP contribution in [0.2, 0.25) is 0 Å². The van der Waals surface area contributed by atoms with Crippen molar-refractivity contribution >= 4 is 11.7 Å². The fourth-order valence-corrected chi connectivity index (χ4v) is 2.72. The Hall–Kier alpha value is -1.72. The van der Waals surface area contributed by atoms with Crippen molar-refractivity contribution < 1.29 is 23.1 Å². The molecule has 0 radical (unpaired) electrons. The number of carbonyl (C=O) groups is 1. The molecule has 0 bridgehead atoms. The summed E-state index contributed by atoms with van der Waals surface area (Å²) >= 11 is 0. The van der Waals surface area contributed by atoms with Crippen LogP contribution in [0.1, 0.15) is 31.2 Å². The van der Waals surface area contributed by atoms with E-state index in [2.05, 4.69) is 5.32 Å². The number of alkyl halides is 3. The summed E-state index contributed by atoms with van der Waals surface area (Å²) < 4.78 is 37.1. The van der Waals surface area contributed by atoms with E-state index < -0.39 is 18.6 Å². The van der Waals surface area contributed by atoms with Crippen LogP contribution in [0.25, 0.3) is 0 Å². The molecule has 1 aromatic carbocycles. The summed E-state index contributed by atoms with van der Waals surface area (Å²) in [6.45, 7) is 0. The van der Waals surface area contributed by atoms with E-state index >= 15 is 0 Å². The first-order valence-corrected chi connectivity index (χ1v) is 6.98. The lowest BCUT2D eigenvalue weighted by Crippen LogP contribution is -2.29. The van der Waals surface area contributed by atoms with Crippen molar-refractivity contribution in [1.29, 1.82) is 0 Å². The summed E-state index contributed by atoms with van der Waals surface area (Å²) in [5.74, 6) is -1.06. The molecule has 2 rings (SSSR count). The fraction of sp³-hybridized carbons (Fsp3) is 0.533. The van der Waals surface area contributed by atoms with Crippen LogP contribution in [-0.2, 0) is 11.2 Å². The van der Waals surface area contributed by atoms with Gasteiger partial charge in [0, 0.05) is 11.7 Å². The Morgan fingerprint density at radius 1 is 1.24 bits per heavy atom. The van der Waals surface area contributed by atoms with E-state index in [1.807, 2.05) is 0 Å². The van der Waals surface area contributed by atoms with Crippen molar-refractivity contribution in [2.24, 2.45) is 5.92 Å². The Kier molecular flexibility index (Phi) is 4.75. The molecular formula is C15H18F3NO2. The first-order valence-electron chi connectivity index (χ1n) is 6.98. The summed E-state index contributed by atoms with van der Waals surface area (Å²) in [5, 5.41) is 12.1. The highest BCUT2D eigenvalue weighted by molar-refractivity contribution is 5.70. The summed E-state index contributed by atoms with van der Waals surface area (Å²) in [5.41, 5.74) is 0.891. The Morgan fingerprint density at radius 3 is 2.48 bits per heavy atom. The number of carboxylic acids is 1. The minimum Gasteiger partial charge on any atom is -0.481 e. The van der Waals surface area contributed by atoms with Gasteiger partial charge >= 0.3 is 12.1 Å². The fourth-order valence-electron chi connectivity index (χ4n) is 2.72. The number of nitrogens with one attached hydrogen (secondary N) is 1. The van der Waals surface area contributed by atoms with Gasteiger partial charge in [0.15, 0.2) is 0 Å². The first-order chi connectivity index (χ1) is 9.83. The van der Waals surface area contributed by atoms with Crippen molar-refractivity contribution in [3.63, 3.8) is 0 Å². The molecule has 2 N–H and O–H groups in total. The standard InChI is InChI=1S/C15H18F3NO2/c16-15(17,18)9-10-2-1-3-13(8-10)19-12-6-4-11(5-7-12)14(20)21/h1-3,8,11-12,19H,4-7,9H2,(H,20,21). The summed E-state index contributed by atoms with van der Waals surface area (Å²) in [6.07, 6.45) is -2.49. The van der Waals surface area contributed by atoms with Crippen molar-refractivity contribution in [3.05, 3.63) is 29.8 Å². The van der Waals surface area contributed by atoms with E-state index in [0.717, 1.165) is 12.8 Å². The summed E-state index contributed by atoms with van der Waals surface area (Å²) in [7, 11) is 0. The normalized spacial score (nSPS) is 22.8. The molecule has 0 amide bonds. The van der Waals surface area contributed by atoms with Gasteiger partial charge in [-0.3, -0.25) is 4.79 Å². The van der Waals surface area contributed by atoms with Gasteiger partial charge in [-0.2, -0.15) is 13.2 Å². The summed E-state index contributed by atoms with van der Waals surface area (Å²) in [6, 6.07) is 6.44. The molecule has 1 fully saturated rings. The number of carboxylic acid groups (broad SMARTS) is 1. The molecule has 1 aliphatic rings. The van der Waals surface area contributed by atoms with Gasteiger partial charge in [-0.15, -0.1) is 0 Å². The topological polar surface area (TPSA) is 49.3 Å². The average Bonchev–Trinajstić information content (AvgIpc) is 2.37. The van der Waals surface area contributed by atoms with Crippen molar-refractivity contribution in [2.75, 3.05) is 5.32 Å². The Bertz CT molecular complexity index is 494. The van der Waals surface area contributed by atoms with E-state index in [0.29, 0.717) is 18.5 Å². The van der Waals surface area contributed by atoms with Crippen LogP contribution in [0.4, 0.5) is 18.9 Å². The number of aliphatic carboxylic acids is 1. The molecule has 21 heavy (non-hydrogen) atoms. The molecule has 0 saturated heterocycles. The highest BCUT2D eigenvalue weighted by atomic mass is 19.4. The van der Waals surface area contributed by atoms with Gasteiger partial charge in [0.1, 0.15) is 0 Å². The lowest BCUT2D eigenvalue weighted by molar-refractivity contribution is -0.142. The van der Waals surface area contributed by atoms with Gasteiger partial charge in [-0.25, -0.2) is 0 Å². The van der Waals surface area contributed by atoms with Crippen LogP contribution in [0, 0.1) is 5.92 Å². The third-order valence-corrected chi connectivity index (χ3v) is 3.78. The molecule has 6 heteroatoms. The number of anilines is 1. The van der Waals surface area contributed by atoms with Crippen LogP contribution in [0.5, 0.6) is 0 Å². The zero-order chi connectivity index (χ0) is 15.5. The van der Waals surface area contributed by atoms with Gasteiger partial charge < -0.3 is 10.4 Å². The SMILES string of the molecule is O=C(O)C1CCC(Nc2cccc(CC(F)(F)F)c2)CC1. The van der Waals surface area contributed by atoms with Crippen molar-refractivity contribution in [2.45, 2.75) is 44.3 Å². The highest BCUT2D eigenvalue weighted by Crippen LogP contribution is 2.28. The second-order valence-electron chi connectivity index (χ2n) is 5.52. The second kappa shape index (κ2) is 6.37. The predicted molar refractivity (Wildman–Crippen MR) is 73.2 cm³/mol. The van der Waals surface area contributed by atoms with E-state index in [-0.39, 0.29) is 17.5 Å². The van der Waals surface area contributed by atoms with Gasteiger partial charge in [-0.05, 0) is 43.4 Å². The molecular weight excluding hydrogens is 283 g/mol. The number of rotatable bonds is 4. The predicted octanol–water partition coefficient (Wildman–Crippen LogP) is 3.85. The minimum atomic E-state index is -4.21. The third kappa shape index (κ3) is 4.95. The van der Waals surface area contributed by atoms with Crippen LogP contribution < -0.4 is 5.32 Å². The Labute approximate surface area is 121 Å². The lowest BCUT2D eigenvalue weighted by Gasteiger charge is -2.27. The smallest absolute Gasteiger partial charge is 0.393 e. The largest absolute Gasteiger partial charge is 0.481 e. The van der Waals surface area contributed by atoms with Gasteiger partial charge in [0.25, 0.3) is 0 Å². The maximum atomic E-state index is 12.4. The van der Waals surface area contributed by atoms with E-state index in [1.54, 1.807) is 12.1 Å². The Morgan fingerprint density at radius 2 is 1.90 bits per heavy atom. The van der Waals surface area contributed by atoms with Crippen LogP contribution in [0.3, 0.4) is 0 Å². The van der Waals surface area contributed by atoms with Crippen molar-refractivity contribution in [1.82, 2.24) is 0 Å². The molecule has 1 aliphatic carbocycles.